The number of thiophene rings is 1. The molecule has 6 nitrogen and oxygen atoms in total. The van der Waals surface area contributed by atoms with Crippen LogP contribution >= 0.6 is 11.3 Å². The average molecular weight is 497 g/mol. The third-order valence-electron chi connectivity index (χ3n) is 6.11. The predicted molar refractivity (Wildman–Crippen MR) is 133 cm³/mol. The number of benzene rings is 2. The van der Waals surface area contributed by atoms with E-state index >= 15 is 0 Å². The van der Waals surface area contributed by atoms with Crippen molar-refractivity contribution in [2.75, 3.05) is 40.0 Å². The quantitative estimate of drug-likeness (QED) is 0.438. The lowest BCUT2D eigenvalue weighted by molar-refractivity contribution is -0.135. The third kappa shape index (κ3) is 6.07. The van der Waals surface area contributed by atoms with Crippen molar-refractivity contribution in [1.82, 2.24) is 9.80 Å². The van der Waals surface area contributed by atoms with Gasteiger partial charge in [0.25, 0.3) is 5.91 Å². The minimum atomic E-state index is -0.419. The molecule has 1 atom stereocenters. The predicted octanol–water partition coefficient (Wildman–Crippen LogP) is 4.49. The number of nitrogens with zero attached hydrogens (tertiary/aromatic N) is 2. The molecular weight excluding hydrogens is 467 g/mol. The second-order valence-corrected chi connectivity index (χ2v) is 9.50. The lowest BCUT2D eigenvalue weighted by Gasteiger charge is -2.37. The van der Waals surface area contributed by atoms with Crippen molar-refractivity contribution in [1.29, 1.82) is 0 Å². The molecule has 0 aliphatic carbocycles. The fourth-order valence-corrected chi connectivity index (χ4v) is 5.10. The van der Waals surface area contributed by atoms with Crippen molar-refractivity contribution in [2.45, 2.75) is 19.4 Å². The minimum Gasteiger partial charge on any atom is -0.491 e. The van der Waals surface area contributed by atoms with Crippen molar-refractivity contribution < 1.29 is 23.5 Å². The molecule has 1 aliphatic rings. The van der Waals surface area contributed by atoms with E-state index < -0.39 is 5.82 Å². The Bertz CT molecular complexity index is 1150. The van der Waals surface area contributed by atoms with Gasteiger partial charge < -0.3 is 19.3 Å². The summed E-state index contributed by atoms with van der Waals surface area (Å²) in [6.07, 6.45) is 0.768. The summed E-state index contributed by atoms with van der Waals surface area (Å²) in [6.45, 7) is 3.33. The Hall–Kier alpha value is -3.23. The zero-order valence-electron chi connectivity index (χ0n) is 19.9. The number of fused-ring (bicyclic) bond motifs is 1. The van der Waals surface area contributed by atoms with E-state index in [1.54, 1.807) is 23.3 Å². The molecule has 1 aliphatic heterocycles. The lowest BCUT2D eigenvalue weighted by atomic mass is 10.0. The SMILES string of the molecule is COCCN(CC(=O)N1CCc2sccc2C1COc1ccc(C)cc1)C(=O)c1ccc(F)cc1. The number of methoxy groups -OCH3 is 1. The van der Waals surface area contributed by atoms with Crippen LogP contribution < -0.4 is 4.74 Å². The van der Waals surface area contributed by atoms with E-state index in [9.17, 15) is 14.0 Å². The van der Waals surface area contributed by atoms with Gasteiger partial charge in [-0.1, -0.05) is 17.7 Å². The van der Waals surface area contributed by atoms with Crippen LogP contribution in [0, 0.1) is 12.7 Å². The van der Waals surface area contributed by atoms with E-state index in [0.717, 1.165) is 23.3 Å². The number of halogens is 1. The summed E-state index contributed by atoms with van der Waals surface area (Å²) >= 11 is 1.69. The van der Waals surface area contributed by atoms with Gasteiger partial charge in [0, 0.05) is 30.6 Å². The van der Waals surface area contributed by atoms with Crippen molar-refractivity contribution in [2.24, 2.45) is 0 Å². The lowest BCUT2D eigenvalue weighted by Crippen LogP contribution is -2.48. The summed E-state index contributed by atoms with van der Waals surface area (Å²) in [5.41, 5.74) is 2.57. The molecule has 0 N–H and O–H groups in total. The maximum absolute atomic E-state index is 13.5. The first-order valence-electron chi connectivity index (χ1n) is 11.5. The van der Waals surface area contributed by atoms with Crippen molar-refractivity contribution >= 4 is 23.2 Å². The molecule has 0 fully saturated rings. The summed E-state index contributed by atoms with van der Waals surface area (Å²) in [5.74, 6) is -0.169. The maximum Gasteiger partial charge on any atom is 0.254 e. The van der Waals surface area contributed by atoms with Crippen molar-refractivity contribution in [3.8, 4) is 5.75 Å². The van der Waals surface area contributed by atoms with Crippen LogP contribution in [0.1, 0.15) is 32.4 Å². The topological polar surface area (TPSA) is 59.1 Å². The highest BCUT2D eigenvalue weighted by Gasteiger charge is 2.33. The van der Waals surface area contributed by atoms with E-state index in [-0.39, 0.29) is 37.6 Å². The fraction of sp³-hybridized carbons (Fsp3) is 0.333. The number of hydrogen-bond acceptors (Lipinski definition) is 5. The molecular formula is C27H29FN2O4S. The highest BCUT2D eigenvalue weighted by molar-refractivity contribution is 7.10. The van der Waals surface area contributed by atoms with Gasteiger partial charge in [-0.3, -0.25) is 9.59 Å². The first-order chi connectivity index (χ1) is 17.0. The average Bonchev–Trinajstić information content (AvgIpc) is 3.35. The van der Waals surface area contributed by atoms with Crippen LogP contribution in [0.3, 0.4) is 0 Å². The Kier molecular flexibility index (Phi) is 8.15. The number of carbonyl (C=O) groups excluding carboxylic acids is 2. The molecule has 4 rings (SSSR count). The van der Waals surface area contributed by atoms with Crippen LogP contribution in [0.2, 0.25) is 0 Å². The van der Waals surface area contributed by atoms with Crippen LogP contribution in [-0.4, -0.2) is 61.6 Å². The maximum atomic E-state index is 13.5. The zero-order valence-corrected chi connectivity index (χ0v) is 20.7. The van der Waals surface area contributed by atoms with Crippen LogP contribution in [0.15, 0.2) is 60.0 Å². The molecule has 0 radical (unpaired) electrons. The summed E-state index contributed by atoms with van der Waals surface area (Å²) < 4.78 is 24.6. The largest absolute Gasteiger partial charge is 0.491 e. The van der Waals surface area contributed by atoms with Gasteiger partial charge in [-0.2, -0.15) is 0 Å². The number of ether oxygens (including phenoxy) is 2. The Labute approximate surface area is 208 Å². The molecule has 1 unspecified atom stereocenters. The number of aryl methyl sites for hydroxylation is 1. The van der Waals surface area contributed by atoms with Crippen LogP contribution in [0.4, 0.5) is 4.39 Å². The van der Waals surface area contributed by atoms with E-state index in [2.05, 4.69) is 6.07 Å². The second-order valence-electron chi connectivity index (χ2n) is 8.50. The van der Waals surface area contributed by atoms with E-state index in [1.807, 2.05) is 36.6 Å². The second kappa shape index (κ2) is 11.5. The minimum absolute atomic E-state index is 0.0972. The van der Waals surface area contributed by atoms with Crippen LogP contribution in [-0.2, 0) is 16.0 Å². The molecule has 35 heavy (non-hydrogen) atoms. The smallest absolute Gasteiger partial charge is 0.254 e. The molecule has 2 amide bonds. The van der Waals surface area contributed by atoms with E-state index in [0.29, 0.717) is 18.7 Å². The first-order valence-corrected chi connectivity index (χ1v) is 12.4. The van der Waals surface area contributed by atoms with Gasteiger partial charge in [0.15, 0.2) is 0 Å². The monoisotopic (exact) mass is 496 g/mol. The van der Waals surface area contributed by atoms with E-state index in [1.165, 1.54) is 34.0 Å². The van der Waals surface area contributed by atoms with Gasteiger partial charge in [0.05, 0.1) is 12.6 Å². The van der Waals surface area contributed by atoms with Crippen LogP contribution in [0.5, 0.6) is 5.75 Å². The molecule has 0 saturated carbocycles. The van der Waals surface area contributed by atoms with Gasteiger partial charge >= 0.3 is 0 Å². The highest BCUT2D eigenvalue weighted by atomic mass is 32.1. The number of amides is 2. The molecule has 1 aromatic heterocycles. The molecule has 2 heterocycles. The van der Waals surface area contributed by atoms with Gasteiger partial charge in [0.1, 0.15) is 24.7 Å². The highest BCUT2D eigenvalue weighted by Crippen LogP contribution is 2.34. The molecule has 0 spiro atoms. The van der Waals surface area contributed by atoms with Gasteiger partial charge in [-0.25, -0.2) is 4.39 Å². The molecule has 8 heteroatoms. The summed E-state index contributed by atoms with van der Waals surface area (Å²) in [6, 6.07) is 15.0. The molecule has 0 bridgehead atoms. The van der Waals surface area contributed by atoms with Crippen molar-refractivity contribution in [3.63, 3.8) is 0 Å². The fourth-order valence-electron chi connectivity index (χ4n) is 4.17. The Morgan fingerprint density at radius 1 is 1.11 bits per heavy atom. The summed E-state index contributed by atoms with van der Waals surface area (Å²) in [4.78, 5) is 31.2. The molecule has 2 aromatic carbocycles. The summed E-state index contributed by atoms with van der Waals surface area (Å²) in [5, 5.41) is 2.04. The normalized spacial score (nSPS) is 14.9. The molecule has 184 valence electrons. The number of rotatable bonds is 9. The van der Waals surface area contributed by atoms with Crippen LogP contribution in [0.25, 0.3) is 0 Å². The van der Waals surface area contributed by atoms with Gasteiger partial charge in [-0.05, 0) is 66.8 Å². The van der Waals surface area contributed by atoms with E-state index in [4.69, 9.17) is 9.47 Å². The van der Waals surface area contributed by atoms with Gasteiger partial charge in [0.2, 0.25) is 5.91 Å². The standard InChI is InChI=1S/C27H29FN2O4S/c1-19-3-9-22(10-4-19)34-18-24-23-12-16-35-25(23)11-13-30(24)26(31)17-29(14-15-33-2)27(32)20-5-7-21(28)8-6-20/h3-10,12,16,24H,11,13-15,17-18H2,1-2H3. The summed E-state index contributed by atoms with van der Waals surface area (Å²) in [7, 11) is 1.55. The third-order valence-corrected chi connectivity index (χ3v) is 7.11. The molecule has 0 saturated heterocycles. The Morgan fingerprint density at radius 3 is 2.57 bits per heavy atom. The molecule has 3 aromatic rings. The van der Waals surface area contributed by atoms with Gasteiger partial charge in [-0.15, -0.1) is 11.3 Å². The Morgan fingerprint density at radius 2 is 1.86 bits per heavy atom. The number of carbonyl (C=O) groups is 2. The Balaban J connectivity index is 1.51. The number of hydrogen-bond donors (Lipinski definition) is 0. The first kappa shape index (κ1) is 24.9. The van der Waals surface area contributed by atoms with Crippen molar-refractivity contribution in [3.05, 3.63) is 87.4 Å². The zero-order chi connectivity index (χ0) is 24.8.